The lowest BCUT2D eigenvalue weighted by molar-refractivity contribution is -0.138. The largest absolute Gasteiger partial charge is 0.462 e. The predicted octanol–water partition coefficient (Wildman–Crippen LogP) is 4.94. The molecule has 0 saturated heterocycles. The van der Waals surface area contributed by atoms with Gasteiger partial charge in [0.2, 0.25) is 8.32 Å². The molecule has 42 heavy (non-hydrogen) atoms. The molecule has 210 valence electrons. The molecule has 0 saturated carbocycles. The summed E-state index contributed by atoms with van der Waals surface area (Å²) in [6.45, 7) is 5.73. The van der Waals surface area contributed by atoms with Crippen LogP contribution in [0.4, 0.5) is 0 Å². The summed E-state index contributed by atoms with van der Waals surface area (Å²) < 4.78 is 13.7. The van der Waals surface area contributed by atoms with Crippen LogP contribution < -0.4 is 25.9 Å². The van der Waals surface area contributed by atoms with Crippen LogP contribution in [0.25, 0.3) is 0 Å². The van der Waals surface area contributed by atoms with E-state index in [2.05, 4.69) is 158 Å². The van der Waals surface area contributed by atoms with Crippen LogP contribution in [-0.4, -0.2) is 29.2 Å². The van der Waals surface area contributed by atoms with Crippen LogP contribution in [0, 0.1) is 0 Å². The van der Waals surface area contributed by atoms with E-state index in [1.807, 2.05) is 0 Å². The molecule has 0 aliphatic heterocycles. The molecule has 0 radical (unpaired) electrons. The van der Waals surface area contributed by atoms with Gasteiger partial charge in [-0.3, -0.25) is 0 Å². The Bertz CT molecular complexity index is 1440. The quantitative estimate of drug-likeness (QED) is 0.0686. The highest BCUT2D eigenvalue weighted by Gasteiger charge is 2.51. The summed E-state index contributed by atoms with van der Waals surface area (Å²) in [5, 5.41) is 5.98. The van der Waals surface area contributed by atoms with E-state index in [-0.39, 0.29) is 5.97 Å². The molecule has 0 unspecified atom stereocenters. The van der Waals surface area contributed by atoms with Gasteiger partial charge in [-0.1, -0.05) is 158 Å². The molecule has 0 aliphatic rings. The number of benzene rings is 5. The first-order valence-electron chi connectivity index (χ1n) is 14.4. The molecule has 0 spiro atoms. The third-order valence-corrected chi connectivity index (χ3v) is 17.3. The van der Waals surface area contributed by atoms with Crippen molar-refractivity contribution in [3.05, 3.63) is 164 Å². The van der Waals surface area contributed by atoms with Crippen molar-refractivity contribution < 1.29 is 13.6 Å². The SMILES string of the molecule is C=C(C)C(=O)OCCC[Si](O[Si](c1ccccc1)(c1ccccc1)c1ccccc1)(c1ccccc1)c1ccccc1. The van der Waals surface area contributed by atoms with E-state index < -0.39 is 16.6 Å². The zero-order valence-electron chi connectivity index (χ0n) is 24.0. The lowest BCUT2D eigenvalue weighted by atomic mass is 10.3. The normalized spacial score (nSPS) is 11.5. The smallest absolute Gasteiger partial charge is 0.333 e. The minimum Gasteiger partial charge on any atom is -0.462 e. The molecule has 0 heterocycles. The molecule has 0 aliphatic carbocycles. The number of carbonyl (C=O) groups excluding carboxylic acids is 1. The second-order valence-corrected chi connectivity index (χ2v) is 17.7. The minimum atomic E-state index is -3.08. The van der Waals surface area contributed by atoms with E-state index in [0.717, 1.165) is 6.04 Å². The topological polar surface area (TPSA) is 35.5 Å². The summed E-state index contributed by atoms with van der Waals surface area (Å²) in [6, 6.07) is 54.2. The van der Waals surface area contributed by atoms with E-state index in [0.29, 0.717) is 18.6 Å². The average molecular weight is 585 g/mol. The number of carbonyl (C=O) groups is 1. The van der Waals surface area contributed by atoms with Gasteiger partial charge in [0.25, 0.3) is 8.32 Å². The molecule has 5 aromatic carbocycles. The van der Waals surface area contributed by atoms with E-state index in [1.54, 1.807) is 6.92 Å². The van der Waals surface area contributed by atoms with Crippen LogP contribution in [0.1, 0.15) is 13.3 Å². The van der Waals surface area contributed by atoms with Crippen molar-refractivity contribution in [1.82, 2.24) is 0 Å². The summed E-state index contributed by atoms with van der Waals surface area (Å²) in [5.74, 6) is -0.357. The fourth-order valence-corrected chi connectivity index (χ4v) is 16.5. The van der Waals surface area contributed by atoms with Gasteiger partial charge in [0.05, 0.1) is 6.61 Å². The van der Waals surface area contributed by atoms with Crippen molar-refractivity contribution in [2.24, 2.45) is 0 Å². The van der Waals surface area contributed by atoms with Crippen LogP contribution >= 0.6 is 0 Å². The molecule has 5 heteroatoms. The Morgan fingerprint density at radius 2 is 0.905 bits per heavy atom. The maximum absolute atomic E-state index is 12.3. The van der Waals surface area contributed by atoms with Crippen LogP contribution in [0.15, 0.2) is 164 Å². The fourth-order valence-electron chi connectivity index (χ4n) is 5.60. The van der Waals surface area contributed by atoms with Crippen molar-refractivity contribution in [3.63, 3.8) is 0 Å². The van der Waals surface area contributed by atoms with E-state index >= 15 is 0 Å². The number of ether oxygens (including phenoxy) is 1. The van der Waals surface area contributed by atoms with Crippen molar-refractivity contribution in [1.29, 1.82) is 0 Å². The molecule has 3 nitrogen and oxygen atoms in total. The van der Waals surface area contributed by atoms with Gasteiger partial charge in [-0.2, -0.15) is 0 Å². The molecule has 0 N–H and O–H groups in total. The predicted molar refractivity (Wildman–Crippen MR) is 178 cm³/mol. The van der Waals surface area contributed by atoms with Gasteiger partial charge >= 0.3 is 5.97 Å². The fraction of sp³-hybridized carbons (Fsp3) is 0.108. The molecule has 0 atom stereocenters. The Balaban J connectivity index is 1.76. The molecule has 5 aromatic rings. The van der Waals surface area contributed by atoms with E-state index in [4.69, 9.17) is 8.85 Å². The van der Waals surface area contributed by atoms with Gasteiger partial charge < -0.3 is 8.85 Å². The van der Waals surface area contributed by atoms with Gasteiger partial charge in [-0.15, -0.1) is 0 Å². The molecule has 5 rings (SSSR count). The number of hydrogen-bond donors (Lipinski definition) is 0. The maximum atomic E-state index is 12.3. The molecule has 0 amide bonds. The average Bonchev–Trinajstić information content (AvgIpc) is 3.06. The maximum Gasteiger partial charge on any atom is 0.333 e. The van der Waals surface area contributed by atoms with Crippen molar-refractivity contribution in [2.75, 3.05) is 6.61 Å². The Kier molecular flexibility index (Phi) is 9.44. The number of hydrogen-bond acceptors (Lipinski definition) is 3. The summed E-state index contributed by atoms with van der Waals surface area (Å²) in [7, 11) is -6.07. The third-order valence-electron chi connectivity index (χ3n) is 7.60. The number of esters is 1. The first-order valence-corrected chi connectivity index (χ1v) is 18.4. The zero-order valence-corrected chi connectivity index (χ0v) is 26.0. The Morgan fingerprint density at radius 1 is 0.571 bits per heavy atom. The summed E-state index contributed by atoms with van der Waals surface area (Å²) in [4.78, 5) is 12.3. The molecular formula is C37H36O3Si2. The first-order chi connectivity index (χ1) is 20.6. The van der Waals surface area contributed by atoms with Crippen LogP contribution in [0.5, 0.6) is 0 Å². The highest BCUT2D eigenvalue weighted by molar-refractivity contribution is 7.14. The van der Waals surface area contributed by atoms with E-state index in [1.165, 1.54) is 25.9 Å². The van der Waals surface area contributed by atoms with Crippen LogP contribution in [0.2, 0.25) is 6.04 Å². The van der Waals surface area contributed by atoms with E-state index in [9.17, 15) is 4.79 Å². The van der Waals surface area contributed by atoms with Gasteiger partial charge in [-0.25, -0.2) is 4.79 Å². The molecule has 0 bridgehead atoms. The summed E-state index contributed by atoms with van der Waals surface area (Å²) in [5.41, 5.74) is 0.407. The Hall–Kier alpha value is -4.30. The second-order valence-electron chi connectivity index (χ2n) is 10.5. The van der Waals surface area contributed by atoms with Crippen LogP contribution in [0.3, 0.4) is 0 Å². The Morgan fingerprint density at radius 3 is 1.24 bits per heavy atom. The van der Waals surface area contributed by atoms with Gasteiger partial charge in [0.15, 0.2) is 0 Å². The summed E-state index contributed by atoms with van der Waals surface area (Å²) in [6.07, 6.45) is 0.665. The van der Waals surface area contributed by atoms with Gasteiger partial charge in [0.1, 0.15) is 0 Å². The molecule has 0 fully saturated rings. The standard InChI is InChI=1S/C37H36O3Si2/c1-31(2)37(38)39-29-18-30-41(32-19-8-3-9-20-32,33-21-10-4-11-22-33)40-42(34-23-12-5-13-24-34,35-25-14-6-15-26-35)36-27-16-7-17-28-36/h3-17,19-28H,1,18,29-30H2,2H3. The van der Waals surface area contributed by atoms with Gasteiger partial charge in [0, 0.05) is 5.57 Å². The molecule has 0 aromatic heterocycles. The van der Waals surface area contributed by atoms with Gasteiger partial charge in [-0.05, 0) is 45.3 Å². The van der Waals surface area contributed by atoms with Crippen molar-refractivity contribution in [3.8, 4) is 0 Å². The summed E-state index contributed by atoms with van der Waals surface area (Å²) >= 11 is 0. The minimum absolute atomic E-state index is 0.306. The van der Waals surface area contributed by atoms with Crippen LogP contribution in [-0.2, 0) is 13.6 Å². The number of rotatable bonds is 12. The lowest BCUT2D eigenvalue weighted by Crippen LogP contribution is -2.77. The highest BCUT2D eigenvalue weighted by atomic mass is 28.4. The van der Waals surface area contributed by atoms with Crippen molar-refractivity contribution >= 4 is 48.5 Å². The molecular weight excluding hydrogens is 549 g/mol. The van der Waals surface area contributed by atoms with Crippen molar-refractivity contribution in [2.45, 2.75) is 19.4 Å². The second kappa shape index (κ2) is 13.6. The first kappa shape index (κ1) is 29.2. The highest BCUT2D eigenvalue weighted by Crippen LogP contribution is 2.23. The Labute approximate surface area is 251 Å². The third kappa shape index (κ3) is 6.14. The monoisotopic (exact) mass is 584 g/mol. The zero-order chi connectivity index (χ0) is 29.3. The lowest BCUT2D eigenvalue weighted by Gasteiger charge is -2.44.